The highest BCUT2D eigenvalue weighted by Gasteiger charge is 2.56. The van der Waals surface area contributed by atoms with Gasteiger partial charge in [0.25, 0.3) is 0 Å². The molecule has 1 N–H and O–H groups in total. The second-order valence-corrected chi connectivity index (χ2v) is 8.91. The number of esters is 2. The Balaban J connectivity index is 2.30. The zero-order valence-corrected chi connectivity index (χ0v) is 20.0. The fourth-order valence-corrected chi connectivity index (χ4v) is 3.71. The molecule has 0 aliphatic carbocycles. The molecule has 0 aromatic heterocycles. The quantitative estimate of drug-likeness (QED) is 0.467. The van der Waals surface area contributed by atoms with Crippen LogP contribution in [0.5, 0.6) is 0 Å². The molecule has 0 bridgehead atoms. The van der Waals surface area contributed by atoms with Crippen molar-refractivity contribution in [1.82, 2.24) is 10.2 Å². The van der Waals surface area contributed by atoms with E-state index in [0.29, 0.717) is 6.42 Å². The Labute approximate surface area is 194 Å². The van der Waals surface area contributed by atoms with E-state index in [4.69, 9.17) is 14.2 Å². The molecule has 33 heavy (non-hydrogen) atoms. The monoisotopic (exact) mass is 462 g/mol. The minimum absolute atomic E-state index is 0.0720. The summed E-state index contributed by atoms with van der Waals surface area (Å²) in [4.78, 5) is 52.7. The normalized spacial score (nSPS) is 20.2. The van der Waals surface area contributed by atoms with Crippen molar-refractivity contribution in [2.24, 2.45) is 0 Å². The van der Waals surface area contributed by atoms with E-state index in [0.717, 1.165) is 5.56 Å². The number of ether oxygens (including phenoxy) is 3. The van der Waals surface area contributed by atoms with Crippen molar-refractivity contribution in [3.8, 4) is 0 Å². The van der Waals surface area contributed by atoms with Gasteiger partial charge in [-0.05, 0) is 46.6 Å². The van der Waals surface area contributed by atoms with Crippen molar-refractivity contribution in [2.75, 3.05) is 19.8 Å². The summed E-state index contributed by atoms with van der Waals surface area (Å²) < 4.78 is 15.7. The fraction of sp³-hybridized carbons (Fsp3) is 0.583. The summed E-state index contributed by atoms with van der Waals surface area (Å²) in [6.45, 7) is 8.35. The van der Waals surface area contributed by atoms with Crippen molar-refractivity contribution in [3.05, 3.63) is 35.9 Å². The number of rotatable bonds is 8. The summed E-state index contributed by atoms with van der Waals surface area (Å²) in [5.74, 6) is -1.69. The Kier molecular flexibility index (Phi) is 8.84. The molecule has 1 heterocycles. The molecule has 182 valence electrons. The van der Waals surface area contributed by atoms with Gasteiger partial charge in [-0.2, -0.15) is 0 Å². The second kappa shape index (κ2) is 11.2. The number of hydrogen-bond acceptors (Lipinski definition) is 7. The minimum Gasteiger partial charge on any atom is -0.464 e. The molecule has 2 rings (SSSR count). The highest BCUT2D eigenvalue weighted by Crippen LogP contribution is 2.31. The van der Waals surface area contributed by atoms with Gasteiger partial charge in [-0.15, -0.1) is 0 Å². The minimum atomic E-state index is -1.63. The Bertz CT molecular complexity index is 850. The topological polar surface area (TPSA) is 111 Å². The number of likely N-dealkylation sites (tertiary alicyclic amines) is 1. The van der Waals surface area contributed by atoms with Crippen molar-refractivity contribution in [3.63, 3.8) is 0 Å². The predicted octanol–water partition coefficient (Wildman–Crippen LogP) is 2.61. The molecule has 1 aromatic rings. The standard InChI is InChI=1S/C24H34N2O7/c1-6-31-20(28)18-15-24(21(29)32-7-2,25-22(30)33-23(3,4)5)16-26(18)19(27)14-13-17-11-9-8-10-12-17/h8-12,18H,6-7,13-16H2,1-5H3,(H,25,30). The van der Waals surface area contributed by atoms with Crippen LogP contribution in [0.3, 0.4) is 0 Å². The van der Waals surface area contributed by atoms with Gasteiger partial charge in [0.05, 0.1) is 19.8 Å². The van der Waals surface area contributed by atoms with E-state index in [1.807, 2.05) is 30.3 Å². The molecule has 0 saturated carbocycles. The lowest BCUT2D eigenvalue weighted by Crippen LogP contribution is -2.58. The highest BCUT2D eigenvalue weighted by atomic mass is 16.6. The van der Waals surface area contributed by atoms with Crippen LogP contribution in [0.1, 0.15) is 53.0 Å². The fourth-order valence-electron chi connectivity index (χ4n) is 3.71. The molecule has 1 aliphatic heterocycles. The number of carbonyl (C=O) groups excluding carboxylic acids is 4. The lowest BCUT2D eigenvalue weighted by atomic mass is 9.96. The molecule has 1 fully saturated rings. The first-order valence-electron chi connectivity index (χ1n) is 11.2. The second-order valence-electron chi connectivity index (χ2n) is 8.91. The zero-order valence-electron chi connectivity index (χ0n) is 20.0. The molecule has 2 atom stereocenters. The summed E-state index contributed by atoms with van der Waals surface area (Å²) in [5, 5.41) is 2.58. The van der Waals surface area contributed by atoms with Crippen LogP contribution >= 0.6 is 0 Å². The third-order valence-electron chi connectivity index (χ3n) is 5.11. The highest BCUT2D eigenvalue weighted by molar-refractivity contribution is 5.92. The Morgan fingerprint density at radius 3 is 2.27 bits per heavy atom. The molecule has 0 spiro atoms. The summed E-state index contributed by atoms with van der Waals surface area (Å²) >= 11 is 0. The van der Waals surface area contributed by atoms with Gasteiger partial charge >= 0.3 is 18.0 Å². The lowest BCUT2D eigenvalue weighted by Gasteiger charge is -2.29. The number of alkyl carbamates (subject to hydrolysis) is 1. The van der Waals surface area contributed by atoms with E-state index >= 15 is 0 Å². The Hall–Kier alpha value is -3.10. The Morgan fingerprint density at radius 2 is 1.70 bits per heavy atom. The van der Waals surface area contributed by atoms with Gasteiger partial charge in [0, 0.05) is 12.8 Å². The maximum Gasteiger partial charge on any atom is 0.408 e. The smallest absolute Gasteiger partial charge is 0.408 e. The van der Waals surface area contributed by atoms with Gasteiger partial charge in [0.2, 0.25) is 5.91 Å². The van der Waals surface area contributed by atoms with Gasteiger partial charge in [0.1, 0.15) is 11.6 Å². The molecule has 9 nitrogen and oxygen atoms in total. The van der Waals surface area contributed by atoms with Crippen LogP contribution in [0.4, 0.5) is 4.79 Å². The van der Waals surface area contributed by atoms with E-state index in [1.54, 1.807) is 34.6 Å². The molecular weight excluding hydrogens is 428 g/mol. The van der Waals surface area contributed by atoms with Crippen molar-refractivity contribution in [1.29, 1.82) is 0 Å². The summed E-state index contributed by atoms with van der Waals surface area (Å²) in [6.07, 6.45) is -0.402. The molecule has 1 aliphatic rings. The molecule has 1 saturated heterocycles. The van der Waals surface area contributed by atoms with E-state index in [-0.39, 0.29) is 38.5 Å². The van der Waals surface area contributed by atoms with Gasteiger partial charge in [-0.3, -0.25) is 4.79 Å². The number of carbonyl (C=O) groups is 4. The van der Waals surface area contributed by atoms with Crippen LogP contribution in [-0.4, -0.2) is 65.8 Å². The summed E-state index contributed by atoms with van der Waals surface area (Å²) in [7, 11) is 0. The predicted molar refractivity (Wildman–Crippen MR) is 120 cm³/mol. The molecule has 2 unspecified atom stereocenters. The van der Waals surface area contributed by atoms with E-state index in [2.05, 4.69) is 5.32 Å². The number of nitrogens with one attached hydrogen (secondary N) is 1. The summed E-state index contributed by atoms with van der Waals surface area (Å²) in [5.41, 5.74) is -1.45. The number of aryl methyl sites for hydroxylation is 1. The van der Waals surface area contributed by atoms with Crippen molar-refractivity contribution >= 4 is 23.9 Å². The van der Waals surface area contributed by atoms with Gasteiger partial charge in [-0.25, -0.2) is 14.4 Å². The number of hydrogen-bond donors (Lipinski definition) is 1. The summed E-state index contributed by atoms with van der Waals surface area (Å²) in [6, 6.07) is 8.44. The third kappa shape index (κ3) is 7.20. The first-order valence-corrected chi connectivity index (χ1v) is 11.2. The SMILES string of the molecule is CCOC(=O)C1CC(NC(=O)OC(C)(C)C)(C(=O)OCC)CN1C(=O)CCc1ccccc1. The van der Waals surface area contributed by atoms with Gasteiger partial charge in [-0.1, -0.05) is 30.3 Å². The van der Waals surface area contributed by atoms with Crippen molar-refractivity contribution in [2.45, 2.75) is 71.1 Å². The largest absolute Gasteiger partial charge is 0.464 e. The van der Waals surface area contributed by atoms with Crippen LogP contribution in [0.15, 0.2) is 30.3 Å². The van der Waals surface area contributed by atoms with Crippen LogP contribution in [0.25, 0.3) is 0 Å². The average molecular weight is 463 g/mol. The lowest BCUT2D eigenvalue weighted by molar-refractivity contribution is -0.153. The third-order valence-corrected chi connectivity index (χ3v) is 5.11. The first kappa shape index (κ1) is 26.2. The number of amides is 2. The number of nitrogens with zero attached hydrogens (tertiary/aromatic N) is 1. The average Bonchev–Trinajstić information content (AvgIpc) is 3.12. The van der Waals surface area contributed by atoms with E-state index < -0.39 is 35.2 Å². The Morgan fingerprint density at radius 1 is 1.06 bits per heavy atom. The molecule has 0 radical (unpaired) electrons. The molecule has 9 heteroatoms. The maximum absolute atomic E-state index is 13.1. The molecule has 1 aromatic carbocycles. The van der Waals surface area contributed by atoms with Crippen molar-refractivity contribution < 1.29 is 33.4 Å². The van der Waals surface area contributed by atoms with Crippen LogP contribution in [0, 0.1) is 0 Å². The molecular formula is C24H34N2O7. The van der Waals surface area contributed by atoms with E-state index in [9.17, 15) is 19.2 Å². The zero-order chi connectivity index (χ0) is 24.6. The maximum atomic E-state index is 13.1. The van der Waals surface area contributed by atoms with Gasteiger partial charge < -0.3 is 24.4 Å². The van der Waals surface area contributed by atoms with Gasteiger partial charge in [0.15, 0.2) is 5.54 Å². The number of benzene rings is 1. The van der Waals surface area contributed by atoms with E-state index in [1.165, 1.54) is 4.90 Å². The van der Waals surface area contributed by atoms with Crippen LogP contribution in [-0.2, 0) is 35.0 Å². The first-order chi connectivity index (χ1) is 15.5. The van der Waals surface area contributed by atoms with Crippen LogP contribution < -0.4 is 5.32 Å². The van der Waals surface area contributed by atoms with Crippen LogP contribution in [0.2, 0.25) is 0 Å². The molecule has 2 amide bonds.